The van der Waals surface area contributed by atoms with Gasteiger partial charge in [-0.1, -0.05) is 0 Å². The van der Waals surface area contributed by atoms with Crippen LogP contribution in [0.5, 0.6) is 0 Å². The predicted molar refractivity (Wildman–Crippen MR) is 66.8 cm³/mol. The van der Waals surface area contributed by atoms with Gasteiger partial charge in [-0.25, -0.2) is 9.97 Å². The predicted octanol–water partition coefficient (Wildman–Crippen LogP) is 2.27. The van der Waals surface area contributed by atoms with Crippen LogP contribution in [0.15, 0.2) is 28.6 Å². The lowest BCUT2D eigenvalue weighted by molar-refractivity contribution is 0.692. The third-order valence-corrected chi connectivity index (χ3v) is 4.06. The Morgan fingerprint density at radius 1 is 1.47 bits per heavy atom. The molecule has 0 N–H and O–H groups in total. The Kier molecular flexibility index (Phi) is 3.25. The highest BCUT2D eigenvalue weighted by atomic mass is 127. The van der Waals surface area contributed by atoms with Crippen molar-refractivity contribution < 1.29 is 0 Å². The maximum Gasteiger partial charge on any atom is 0.119 e. The van der Waals surface area contributed by atoms with Crippen molar-refractivity contribution in [2.75, 3.05) is 0 Å². The van der Waals surface area contributed by atoms with E-state index in [1.54, 1.807) is 24.3 Å². The molecule has 0 unspecified atom stereocenters. The summed E-state index contributed by atoms with van der Waals surface area (Å²) in [5, 5.41) is 6.34. The number of halogens is 1. The lowest BCUT2D eigenvalue weighted by Crippen LogP contribution is -1.93. The first-order valence-corrected chi connectivity index (χ1v) is 6.20. The molecule has 78 valence electrons. The molecular formula is C9H9IN4S. The fraction of sp³-hybridized carbons (Fsp3) is 0.222. The molecule has 0 aliphatic heterocycles. The molecule has 0 aromatic carbocycles. The average Bonchev–Trinajstić information content (AvgIpc) is 2.49. The number of nitrogens with zero attached hydrogens (tertiary/aromatic N) is 4. The molecule has 2 aromatic rings. The summed E-state index contributed by atoms with van der Waals surface area (Å²) in [4.78, 5) is 8.19. The summed E-state index contributed by atoms with van der Waals surface area (Å²) in [6.45, 7) is 1.98. The minimum Gasteiger partial charge on any atom is -0.261 e. The first kappa shape index (κ1) is 10.9. The summed E-state index contributed by atoms with van der Waals surface area (Å²) < 4.78 is 2.91. The van der Waals surface area contributed by atoms with Gasteiger partial charge in [-0.2, -0.15) is 5.10 Å². The van der Waals surface area contributed by atoms with Gasteiger partial charge in [-0.15, -0.1) is 0 Å². The largest absolute Gasteiger partial charge is 0.261 e. The highest BCUT2D eigenvalue weighted by Gasteiger charge is 2.07. The van der Waals surface area contributed by atoms with Crippen molar-refractivity contribution >= 4 is 34.4 Å². The summed E-state index contributed by atoms with van der Waals surface area (Å²) in [5.41, 5.74) is 1.02. The van der Waals surface area contributed by atoms with E-state index in [0.717, 1.165) is 19.3 Å². The Hall–Kier alpha value is -0.630. The maximum atomic E-state index is 4.29. The Labute approximate surface area is 106 Å². The smallest absolute Gasteiger partial charge is 0.119 e. The molecule has 2 heterocycles. The van der Waals surface area contributed by atoms with E-state index < -0.39 is 0 Å². The third kappa shape index (κ3) is 2.49. The molecule has 0 saturated carbocycles. The zero-order valence-corrected chi connectivity index (χ0v) is 11.3. The topological polar surface area (TPSA) is 43.6 Å². The van der Waals surface area contributed by atoms with E-state index in [2.05, 4.69) is 37.7 Å². The molecule has 4 nitrogen and oxygen atoms in total. The zero-order valence-electron chi connectivity index (χ0n) is 8.31. The number of aromatic nitrogens is 4. The molecule has 0 radical (unpaired) electrons. The monoisotopic (exact) mass is 332 g/mol. The van der Waals surface area contributed by atoms with Gasteiger partial charge in [-0.05, 0) is 47.3 Å². The lowest BCUT2D eigenvalue weighted by Gasteiger charge is -2.01. The number of aryl methyl sites for hydroxylation is 2. The van der Waals surface area contributed by atoms with Crippen LogP contribution in [0.2, 0.25) is 0 Å². The molecule has 0 aliphatic rings. The van der Waals surface area contributed by atoms with Gasteiger partial charge in [0.15, 0.2) is 0 Å². The van der Waals surface area contributed by atoms with Gasteiger partial charge in [0, 0.05) is 13.2 Å². The summed E-state index contributed by atoms with van der Waals surface area (Å²) in [6, 6.07) is 2.04. The molecule has 0 bridgehead atoms. The van der Waals surface area contributed by atoms with E-state index in [-0.39, 0.29) is 0 Å². The fourth-order valence-electron chi connectivity index (χ4n) is 1.16. The minimum atomic E-state index is 0.966. The molecule has 2 rings (SSSR count). The van der Waals surface area contributed by atoms with Crippen LogP contribution in [-0.2, 0) is 7.05 Å². The van der Waals surface area contributed by atoms with Crippen molar-refractivity contribution in [1.29, 1.82) is 0 Å². The molecule has 0 atom stereocenters. The Bertz CT molecular complexity index is 483. The van der Waals surface area contributed by atoms with E-state index in [9.17, 15) is 0 Å². The van der Waals surface area contributed by atoms with Crippen LogP contribution >= 0.6 is 34.4 Å². The van der Waals surface area contributed by atoms with Crippen LogP contribution in [0.1, 0.15) is 5.69 Å². The van der Waals surface area contributed by atoms with Crippen molar-refractivity contribution in [3.63, 3.8) is 0 Å². The van der Waals surface area contributed by atoms with Crippen molar-refractivity contribution in [2.24, 2.45) is 7.05 Å². The fourth-order valence-corrected chi connectivity index (χ4v) is 2.64. The average molecular weight is 332 g/mol. The molecular weight excluding hydrogens is 323 g/mol. The van der Waals surface area contributed by atoms with Gasteiger partial charge in [-0.3, -0.25) is 4.68 Å². The Balaban J connectivity index is 2.29. The van der Waals surface area contributed by atoms with E-state index in [1.165, 1.54) is 0 Å². The van der Waals surface area contributed by atoms with Crippen LogP contribution in [0, 0.1) is 10.5 Å². The van der Waals surface area contributed by atoms with Gasteiger partial charge >= 0.3 is 0 Å². The molecule has 0 spiro atoms. The van der Waals surface area contributed by atoms with Crippen LogP contribution in [0.3, 0.4) is 0 Å². The van der Waals surface area contributed by atoms with E-state index in [0.29, 0.717) is 0 Å². The second kappa shape index (κ2) is 4.48. The first-order chi connectivity index (χ1) is 7.16. The standard InChI is InChI=1S/C9H9IN4S/c1-6-3-8(14(2)13-6)15-9-7(10)4-11-5-12-9/h3-5H,1-2H3. The Morgan fingerprint density at radius 3 is 2.87 bits per heavy atom. The molecule has 0 saturated heterocycles. The van der Waals surface area contributed by atoms with Gasteiger partial charge in [0.05, 0.1) is 9.26 Å². The van der Waals surface area contributed by atoms with Gasteiger partial charge < -0.3 is 0 Å². The van der Waals surface area contributed by atoms with Crippen molar-refractivity contribution in [2.45, 2.75) is 17.0 Å². The van der Waals surface area contributed by atoms with Crippen LogP contribution in [0.25, 0.3) is 0 Å². The van der Waals surface area contributed by atoms with E-state index >= 15 is 0 Å². The normalized spacial score (nSPS) is 10.6. The maximum absolute atomic E-state index is 4.29. The first-order valence-electron chi connectivity index (χ1n) is 4.31. The molecule has 0 aliphatic carbocycles. The van der Waals surface area contributed by atoms with Crippen molar-refractivity contribution in [3.8, 4) is 0 Å². The molecule has 0 amide bonds. The highest BCUT2D eigenvalue weighted by Crippen LogP contribution is 2.28. The third-order valence-electron chi connectivity index (χ3n) is 1.79. The second-order valence-corrected chi connectivity index (χ2v) is 5.20. The number of hydrogen-bond acceptors (Lipinski definition) is 4. The summed E-state index contributed by atoms with van der Waals surface area (Å²) >= 11 is 3.83. The Morgan fingerprint density at radius 2 is 2.27 bits per heavy atom. The van der Waals surface area contributed by atoms with E-state index in [4.69, 9.17) is 0 Å². The quantitative estimate of drug-likeness (QED) is 0.625. The number of hydrogen-bond donors (Lipinski definition) is 0. The number of rotatable bonds is 2. The SMILES string of the molecule is Cc1cc(Sc2ncncc2I)n(C)n1. The lowest BCUT2D eigenvalue weighted by atomic mass is 10.5. The van der Waals surface area contributed by atoms with Crippen molar-refractivity contribution in [3.05, 3.63) is 27.9 Å². The molecule has 6 heteroatoms. The zero-order chi connectivity index (χ0) is 10.8. The molecule has 15 heavy (non-hydrogen) atoms. The van der Waals surface area contributed by atoms with Crippen LogP contribution in [-0.4, -0.2) is 19.7 Å². The summed E-state index contributed by atoms with van der Waals surface area (Å²) in [7, 11) is 1.93. The van der Waals surface area contributed by atoms with Gasteiger partial charge in [0.25, 0.3) is 0 Å². The molecule has 0 fully saturated rings. The minimum absolute atomic E-state index is 0.966. The van der Waals surface area contributed by atoms with Gasteiger partial charge in [0.2, 0.25) is 0 Å². The second-order valence-electron chi connectivity index (χ2n) is 3.03. The van der Waals surface area contributed by atoms with Crippen LogP contribution < -0.4 is 0 Å². The van der Waals surface area contributed by atoms with E-state index in [1.807, 2.05) is 24.7 Å². The van der Waals surface area contributed by atoms with Crippen molar-refractivity contribution in [1.82, 2.24) is 19.7 Å². The summed E-state index contributed by atoms with van der Waals surface area (Å²) in [5.74, 6) is 0. The summed E-state index contributed by atoms with van der Waals surface area (Å²) in [6.07, 6.45) is 3.37. The van der Waals surface area contributed by atoms with Gasteiger partial charge in [0.1, 0.15) is 16.4 Å². The van der Waals surface area contributed by atoms with Crippen LogP contribution in [0.4, 0.5) is 0 Å². The highest BCUT2D eigenvalue weighted by molar-refractivity contribution is 14.1. The molecule has 2 aromatic heterocycles.